The van der Waals surface area contributed by atoms with Crippen LogP contribution in [0.25, 0.3) is 0 Å². The third kappa shape index (κ3) is 4.48. The number of methoxy groups -OCH3 is 2. The Hall–Kier alpha value is -2.24. The van der Waals surface area contributed by atoms with Gasteiger partial charge in [0.25, 0.3) is 0 Å². The van der Waals surface area contributed by atoms with Crippen LogP contribution in [0.4, 0.5) is 0 Å². The van der Waals surface area contributed by atoms with Crippen molar-refractivity contribution in [2.75, 3.05) is 33.9 Å². The molecule has 2 aromatic carbocycles. The van der Waals surface area contributed by atoms with E-state index in [4.69, 9.17) is 14.2 Å². The largest absolute Gasteiger partial charge is 0.493 e. The summed E-state index contributed by atoms with van der Waals surface area (Å²) in [6.07, 6.45) is 0.476. The summed E-state index contributed by atoms with van der Waals surface area (Å²) in [5, 5.41) is 10.4. The molecule has 0 spiro atoms. The molecule has 2 atom stereocenters. The number of aliphatic hydroxyl groups excluding tert-OH is 1. The average molecular weight is 358 g/mol. The molecule has 0 saturated carbocycles. The molecule has 0 aromatic heterocycles. The van der Waals surface area contributed by atoms with E-state index in [0.29, 0.717) is 13.2 Å². The number of nitrogens with one attached hydrogen (secondary N) is 1. The first-order valence-electron chi connectivity index (χ1n) is 9.04. The summed E-state index contributed by atoms with van der Waals surface area (Å²) in [4.78, 5) is 1.35. The monoisotopic (exact) mass is 358 g/mol. The van der Waals surface area contributed by atoms with Crippen LogP contribution in [-0.2, 0) is 13.0 Å². The highest BCUT2D eigenvalue weighted by atomic mass is 16.5. The lowest BCUT2D eigenvalue weighted by molar-refractivity contribution is -0.918. The molecule has 5 heteroatoms. The van der Waals surface area contributed by atoms with E-state index in [1.807, 2.05) is 31.2 Å². The summed E-state index contributed by atoms with van der Waals surface area (Å²) in [7, 11) is 3.32. The van der Waals surface area contributed by atoms with Crippen molar-refractivity contribution < 1.29 is 24.2 Å². The van der Waals surface area contributed by atoms with Crippen molar-refractivity contribution in [3.63, 3.8) is 0 Å². The molecule has 0 radical (unpaired) electrons. The van der Waals surface area contributed by atoms with Gasteiger partial charge in [-0.1, -0.05) is 17.7 Å². The summed E-state index contributed by atoms with van der Waals surface area (Å²) in [6, 6.07) is 12.0. The second-order valence-corrected chi connectivity index (χ2v) is 6.88. The van der Waals surface area contributed by atoms with Gasteiger partial charge in [0, 0.05) is 12.0 Å². The lowest BCUT2D eigenvalue weighted by Gasteiger charge is -2.28. The fraction of sp³-hybridized carbons (Fsp3) is 0.429. The van der Waals surface area contributed by atoms with E-state index in [-0.39, 0.29) is 0 Å². The third-order valence-corrected chi connectivity index (χ3v) is 4.88. The number of rotatable bonds is 7. The van der Waals surface area contributed by atoms with Crippen molar-refractivity contribution in [2.45, 2.75) is 26.0 Å². The smallest absolute Gasteiger partial charge is 0.161 e. The van der Waals surface area contributed by atoms with E-state index in [1.165, 1.54) is 21.6 Å². The molecule has 2 aromatic rings. The Kier molecular flexibility index (Phi) is 6.01. The summed E-state index contributed by atoms with van der Waals surface area (Å²) in [5.74, 6) is 2.34. The highest BCUT2D eigenvalue weighted by Gasteiger charge is 2.24. The second kappa shape index (κ2) is 8.43. The third-order valence-electron chi connectivity index (χ3n) is 4.88. The molecule has 0 fully saturated rings. The predicted molar refractivity (Wildman–Crippen MR) is 100 cm³/mol. The molecule has 1 aliphatic rings. The molecule has 0 saturated heterocycles. The van der Waals surface area contributed by atoms with Crippen molar-refractivity contribution in [1.82, 2.24) is 0 Å². The first kappa shape index (κ1) is 18.5. The van der Waals surface area contributed by atoms with Gasteiger partial charge in [-0.15, -0.1) is 0 Å². The quantitative estimate of drug-likeness (QED) is 0.786. The van der Waals surface area contributed by atoms with Crippen LogP contribution in [0.5, 0.6) is 17.2 Å². The average Bonchev–Trinajstić information content (AvgIpc) is 2.66. The molecular weight excluding hydrogens is 330 g/mol. The maximum absolute atomic E-state index is 10.4. The lowest BCUT2D eigenvalue weighted by Crippen LogP contribution is -3.13. The maximum Gasteiger partial charge on any atom is 0.161 e. The van der Waals surface area contributed by atoms with Crippen molar-refractivity contribution in [3.05, 3.63) is 53.1 Å². The van der Waals surface area contributed by atoms with Crippen LogP contribution in [-0.4, -0.2) is 45.1 Å². The molecule has 3 rings (SSSR count). The molecule has 5 nitrogen and oxygen atoms in total. The minimum atomic E-state index is -0.493. The summed E-state index contributed by atoms with van der Waals surface area (Å²) in [6.45, 7) is 4.88. The topological polar surface area (TPSA) is 52.4 Å². The number of benzene rings is 2. The van der Waals surface area contributed by atoms with E-state index in [0.717, 1.165) is 36.8 Å². The lowest BCUT2D eigenvalue weighted by atomic mass is 9.98. The number of hydrogen-bond donors (Lipinski definition) is 2. The minimum Gasteiger partial charge on any atom is -0.493 e. The number of aryl methyl sites for hydroxylation is 1. The van der Waals surface area contributed by atoms with Crippen LogP contribution in [0.1, 0.15) is 16.7 Å². The molecule has 0 bridgehead atoms. The first-order valence-corrected chi connectivity index (χ1v) is 9.04. The standard InChI is InChI=1S/C21H27NO4/c1-15-4-6-19(7-5-15)26-14-18(23)13-22-9-8-16-10-20(24-2)21(25-3)11-17(16)12-22/h4-7,10-11,18,23H,8-9,12-14H2,1-3H3/p+1/t18-/m1/s1. The van der Waals surface area contributed by atoms with E-state index in [1.54, 1.807) is 14.2 Å². The Morgan fingerprint density at radius 2 is 1.69 bits per heavy atom. The molecule has 140 valence electrons. The van der Waals surface area contributed by atoms with E-state index in [9.17, 15) is 5.11 Å². The van der Waals surface area contributed by atoms with Gasteiger partial charge in [0.05, 0.1) is 20.8 Å². The van der Waals surface area contributed by atoms with Crippen LogP contribution in [0.3, 0.4) is 0 Å². The van der Waals surface area contributed by atoms with Crippen LogP contribution in [0, 0.1) is 6.92 Å². The highest BCUT2D eigenvalue weighted by molar-refractivity contribution is 5.47. The van der Waals surface area contributed by atoms with Gasteiger partial charge < -0.3 is 24.2 Å². The van der Waals surface area contributed by atoms with Crippen molar-refractivity contribution in [1.29, 1.82) is 0 Å². The molecule has 1 heterocycles. The van der Waals surface area contributed by atoms with Crippen molar-refractivity contribution >= 4 is 0 Å². The van der Waals surface area contributed by atoms with E-state index >= 15 is 0 Å². The highest BCUT2D eigenvalue weighted by Crippen LogP contribution is 2.31. The Morgan fingerprint density at radius 1 is 1.04 bits per heavy atom. The first-order chi connectivity index (χ1) is 12.6. The number of aliphatic hydroxyl groups is 1. The second-order valence-electron chi connectivity index (χ2n) is 6.88. The normalized spacial score (nSPS) is 17.3. The molecule has 26 heavy (non-hydrogen) atoms. The predicted octanol–water partition coefficient (Wildman–Crippen LogP) is 1.39. The summed E-state index contributed by atoms with van der Waals surface area (Å²) < 4.78 is 16.5. The van der Waals surface area contributed by atoms with Gasteiger partial charge in [-0.05, 0) is 36.8 Å². The van der Waals surface area contributed by atoms with Crippen LogP contribution in [0.2, 0.25) is 0 Å². The van der Waals surface area contributed by atoms with Crippen molar-refractivity contribution in [2.24, 2.45) is 0 Å². The van der Waals surface area contributed by atoms with Gasteiger partial charge in [-0.3, -0.25) is 0 Å². The minimum absolute atomic E-state index is 0.311. The fourth-order valence-corrected chi connectivity index (χ4v) is 3.42. The maximum atomic E-state index is 10.4. The van der Waals surface area contributed by atoms with Gasteiger partial charge >= 0.3 is 0 Å². The number of quaternary nitrogens is 1. The van der Waals surface area contributed by atoms with Gasteiger partial charge in [0.1, 0.15) is 31.5 Å². The van der Waals surface area contributed by atoms with Crippen LogP contribution in [0.15, 0.2) is 36.4 Å². The fourth-order valence-electron chi connectivity index (χ4n) is 3.42. The van der Waals surface area contributed by atoms with Crippen LogP contribution < -0.4 is 19.1 Å². The zero-order valence-electron chi connectivity index (χ0n) is 15.7. The number of ether oxygens (including phenoxy) is 3. The zero-order valence-corrected chi connectivity index (χ0v) is 15.7. The Labute approximate surface area is 155 Å². The summed E-state index contributed by atoms with van der Waals surface area (Å²) >= 11 is 0. The Morgan fingerprint density at radius 3 is 2.35 bits per heavy atom. The number of hydrogen-bond acceptors (Lipinski definition) is 4. The zero-order chi connectivity index (χ0) is 18.5. The van der Waals surface area contributed by atoms with Gasteiger partial charge in [0.15, 0.2) is 11.5 Å². The Bertz CT molecular complexity index is 730. The van der Waals surface area contributed by atoms with E-state index in [2.05, 4.69) is 12.1 Å². The molecule has 1 aliphatic heterocycles. The van der Waals surface area contributed by atoms with Gasteiger partial charge in [-0.25, -0.2) is 0 Å². The van der Waals surface area contributed by atoms with Gasteiger partial charge in [0.2, 0.25) is 0 Å². The number of fused-ring (bicyclic) bond motifs is 1. The van der Waals surface area contributed by atoms with E-state index < -0.39 is 6.10 Å². The molecule has 2 N–H and O–H groups in total. The molecule has 0 amide bonds. The molecule has 0 aliphatic carbocycles. The van der Waals surface area contributed by atoms with Crippen LogP contribution >= 0.6 is 0 Å². The summed E-state index contributed by atoms with van der Waals surface area (Å²) in [5.41, 5.74) is 3.76. The Balaban J connectivity index is 1.55. The SMILES string of the molecule is COc1cc2c(cc1OC)C[NH+](C[C@@H](O)COc1ccc(C)cc1)CC2. The molecular formula is C21H28NO4+. The van der Waals surface area contributed by atoms with Crippen molar-refractivity contribution in [3.8, 4) is 17.2 Å². The van der Waals surface area contributed by atoms with Gasteiger partial charge in [-0.2, -0.15) is 0 Å². The molecule has 1 unspecified atom stereocenters.